The zero-order valence-corrected chi connectivity index (χ0v) is 17.7. The highest BCUT2D eigenvalue weighted by molar-refractivity contribution is 5.85. The van der Waals surface area contributed by atoms with Gasteiger partial charge in [-0.3, -0.25) is 5.10 Å². The number of phenolic OH excluding ortho intramolecular Hbond substituents is 1. The van der Waals surface area contributed by atoms with Gasteiger partial charge in [0.25, 0.3) is 0 Å². The lowest BCUT2D eigenvalue weighted by molar-refractivity contribution is -0.0496. The average molecular weight is 452 g/mol. The summed E-state index contributed by atoms with van der Waals surface area (Å²) in [5, 5.41) is 29.1. The van der Waals surface area contributed by atoms with E-state index in [-0.39, 0.29) is 36.2 Å². The molecule has 0 radical (unpaired) electrons. The minimum Gasteiger partial charge on any atom is -0.507 e. The van der Waals surface area contributed by atoms with Crippen LogP contribution in [0.3, 0.4) is 0 Å². The maximum absolute atomic E-state index is 10.4. The standard InChI is InChI=1S/C19H21N7O2.2ClH/c27-17-7-13(14-8-22-23-9-14)1-2-15(17)16-10-21-18(25-24-16)26-5-3-19(12-26)11-20-4-6-28-19;;/h1-2,7-10,20,27H,3-6,11-12H2,(H,22,23);2*1H. The summed E-state index contributed by atoms with van der Waals surface area (Å²) >= 11 is 0. The second-order valence-corrected chi connectivity index (χ2v) is 7.24. The number of rotatable bonds is 3. The number of morpholine rings is 1. The van der Waals surface area contributed by atoms with E-state index in [0.717, 1.165) is 50.3 Å². The third-order valence-corrected chi connectivity index (χ3v) is 5.39. The molecule has 160 valence electrons. The average Bonchev–Trinajstić information content (AvgIpc) is 3.40. The van der Waals surface area contributed by atoms with Crippen LogP contribution < -0.4 is 10.2 Å². The summed E-state index contributed by atoms with van der Waals surface area (Å²) in [5.74, 6) is 0.716. The van der Waals surface area contributed by atoms with Crippen LogP contribution in [0.4, 0.5) is 5.95 Å². The number of nitrogens with zero attached hydrogens (tertiary/aromatic N) is 5. The normalized spacial score (nSPS) is 20.6. The van der Waals surface area contributed by atoms with Gasteiger partial charge in [0.2, 0.25) is 5.95 Å². The first-order chi connectivity index (χ1) is 13.7. The number of benzene rings is 1. The van der Waals surface area contributed by atoms with E-state index in [1.54, 1.807) is 24.7 Å². The molecule has 1 spiro atoms. The number of ether oxygens (including phenoxy) is 1. The first kappa shape index (κ1) is 22.2. The number of nitrogens with one attached hydrogen (secondary N) is 2. The van der Waals surface area contributed by atoms with Crippen molar-refractivity contribution in [2.45, 2.75) is 12.0 Å². The van der Waals surface area contributed by atoms with Crippen molar-refractivity contribution in [3.63, 3.8) is 0 Å². The molecule has 0 amide bonds. The van der Waals surface area contributed by atoms with Crippen molar-refractivity contribution in [1.29, 1.82) is 0 Å². The molecule has 0 aliphatic carbocycles. The highest BCUT2D eigenvalue weighted by atomic mass is 35.5. The van der Waals surface area contributed by atoms with Crippen molar-refractivity contribution in [1.82, 2.24) is 30.7 Å². The summed E-state index contributed by atoms with van der Waals surface area (Å²) in [6, 6.07) is 5.41. The molecule has 30 heavy (non-hydrogen) atoms. The minimum absolute atomic E-state index is 0. The van der Waals surface area contributed by atoms with Gasteiger partial charge in [-0.15, -0.1) is 35.0 Å². The number of hydrogen-bond donors (Lipinski definition) is 3. The monoisotopic (exact) mass is 451 g/mol. The van der Waals surface area contributed by atoms with Crippen molar-refractivity contribution >= 4 is 30.8 Å². The molecule has 0 bridgehead atoms. The Kier molecular flexibility index (Phi) is 6.77. The van der Waals surface area contributed by atoms with Crippen LogP contribution in [0.5, 0.6) is 5.75 Å². The highest BCUT2D eigenvalue weighted by Crippen LogP contribution is 2.33. The fraction of sp³-hybridized carbons (Fsp3) is 0.368. The minimum atomic E-state index is -0.151. The van der Waals surface area contributed by atoms with E-state index in [4.69, 9.17) is 4.74 Å². The van der Waals surface area contributed by atoms with Crippen molar-refractivity contribution in [2.24, 2.45) is 0 Å². The van der Waals surface area contributed by atoms with Crippen LogP contribution in [0.25, 0.3) is 22.4 Å². The Morgan fingerprint density at radius 2 is 2.03 bits per heavy atom. The van der Waals surface area contributed by atoms with Crippen molar-refractivity contribution < 1.29 is 9.84 Å². The lowest BCUT2D eigenvalue weighted by atomic mass is 10.0. The van der Waals surface area contributed by atoms with Gasteiger partial charge in [0.15, 0.2) is 0 Å². The molecule has 2 fully saturated rings. The molecule has 0 saturated carbocycles. The predicted molar refractivity (Wildman–Crippen MR) is 117 cm³/mol. The number of H-pyrrole nitrogens is 1. The first-order valence-corrected chi connectivity index (χ1v) is 9.34. The molecular weight excluding hydrogens is 429 g/mol. The van der Waals surface area contributed by atoms with Gasteiger partial charge in [0.05, 0.1) is 31.1 Å². The maximum atomic E-state index is 10.4. The van der Waals surface area contributed by atoms with Gasteiger partial charge < -0.3 is 20.1 Å². The second kappa shape index (κ2) is 9.13. The second-order valence-electron chi connectivity index (χ2n) is 7.24. The Morgan fingerprint density at radius 1 is 1.13 bits per heavy atom. The van der Waals surface area contributed by atoms with Gasteiger partial charge in [-0.25, -0.2) is 4.98 Å². The summed E-state index contributed by atoms with van der Waals surface area (Å²) in [5.41, 5.74) is 2.75. The summed E-state index contributed by atoms with van der Waals surface area (Å²) in [6.07, 6.45) is 6.08. The van der Waals surface area contributed by atoms with E-state index < -0.39 is 0 Å². The molecule has 1 aromatic carbocycles. The number of aromatic hydroxyl groups is 1. The molecule has 2 aliphatic heterocycles. The smallest absolute Gasteiger partial charge is 0.245 e. The molecular formula is C19H23Cl2N7O2. The van der Waals surface area contributed by atoms with Gasteiger partial charge in [-0.05, 0) is 24.1 Å². The van der Waals surface area contributed by atoms with E-state index in [0.29, 0.717) is 17.2 Å². The van der Waals surface area contributed by atoms with Crippen LogP contribution in [0.15, 0.2) is 36.8 Å². The number of aromatic nitrogens is 5. The Morgan fingerprint density at radius 3 is 2.70 bits per heavy atom. The largest absolute Gasteiger partial charge is 0.507 e. The van der Waals surface area contributed by atoms with Crippen LogP contribution in [0, 0.1) is 0 Å². The predicted octanol–water partition coefficient (Wildman–Crippen LogP) is 2.05. The van der Waals surface area contributed by atoms with E-state index in [1.807, 2.05) is 12.1 Å². The molecule has 11 heteroatoms. The van der Waals surface area contributed by atoms with Gasteiger partial charge >= 0.3 is 0 Å². The Bertz CT molecular complexity index is 964. The third-order valence-electron chi connectivity index (χ3n) is 5.39. The highest BCUT2D eigenvalue weighted by Gasteiger charge is 2.41. The summed E-state index contributed by atoms with van der Waals surface area (Å²) in [6.45, 7) is 4.09. The number of phenols is 1. The SMILES string of the molecule is Cl.Cl.Oc1cc(-c2cn[nH]c2)ccc1-c1cnc(N2CCC3(CNCCO3)C2)nn1. The fourth-order valence-corrected chi connectivity index (χ4v) is 3.86. The van der Waals surface area contributed by atoms with E-state index in [9.17, 15) is 5.11 Å². The molecule has 2 aliphatic rings. The Hall–Kier alpha value is -2.46. The Balaban J connectivity index is 0.00000128. The summed E-state index contributed by atoms with van der Waals surface area (Å²) in [7, 11) is 0. The molecule has 5 rings (SSSR count). The molecule has 9 nitrogen and oxygen atoms in total. The molecule has 1 atom stereocenters. The first-order valence-electron chi connectivity index (χ1n) is 9.34. The molecule has 3 aromatic rings. The quantitative estimate of drug-likeness (QED) is 0.554. The molecule has 3 N–H and O–H groups in total. The van der Waals surface area contributed by atoms with Crippen LogP contribution in [-0.4, -0.2) is 68.9 Å². The number of hydrogen-bond acceptors (Lipinski definition) is 8. The topological polar surface area (TPSA) is 112 Å². The van der Waals surface area contributed by atoms with Crippen molar-refractivity contribution in [3.8, 4) is 28.1 Å². The van der Waals surface area contributed by atoms with Crippen molar-refractivity contribution in [2.75, 3.05) is 37.7 Å². The van der Waals surface area contributed by atoms with Crippen LogP contribution in [-0.2, 0) is 4.74 Å². The lowest BCUT2D eigenvalue weighted by Crippen LogP contribution is -2.51. The molecule has 2 saturated heterocycles. The zero-order chi connectivity index (χ0) is 19.0. The maximum Gasteiger partial charge on any atom is 0.245 e. The van der Waals surface area contributed by atoms with E-state index in [1.165, 1.54) is 0 Å². The van der Waals surface area contributed by atoms with Gasteiger partial charge in [-0.2, -0.15) is 5.10 Å². The summed E-state index contributed by atoms with van der Waals surface area (Å²) in [4.78, 5) is 6.58. The van der Waals surface area contributed by atoms with Gasteiger partial charge in [-0.1, -0.05) is 6.07 Å². The molecule has 4 heterocycles. The van der Waals surface area contributed by atoms with E-state index >= 15 is 0 Å². The third kappa shape index (κ3) is 4.20. The van der Waals surface area contributed by atoms with Crippen LogP contribution >= 0.6 is 24.8 Å². The number of aromatic amines is 1. The lowest BCUT2D eigenvalue weighted by Gasteiger charge is -2.34. The van der Waals surface area contributed by atoms with Gasteiger partial charge in [0.1, 0.15) is 11.4 Å². The zero-order valence-electron chi connectivity index (χ0n) is 16.1. The van der Waals surface area contributed by atoms with Gasteiger partial charge in [0, 0.05) is 37.0 Å². The van der Waals surface area contributed by atoms with Crippen LogP contribution in [0.2, 0.25) is 0 Å². The summed E-state index contributed by atoms with van der Waals surface area (Å²) < 4.78 is 6.01. The molecule has 2 aromatic heterocycles. The van der Waals surface area contributed by atoms with Crippen LogP contribution in [0.1, 0.15) is 6.42 Å². The Labute approximate surface area is 186 Å². The van der Waals surface area contributed by atoms with Crippen molar-refractivity contribution in [3.05, 3.63) is 36.8 Å². The number of halogens is 2. The van der Waals surface area contributed by atoms with E-state index in [2.05, 4.69) is 35.6 Å². The molecule has 1 unspecified atom stereocenters. The number of anilines is 1. The fourth-order valence-electron chi connectivity index (χ4n) is 3.86.